The van der Waals surface area contributed by atoms with Crippen LogP contribution in [0.4, 0.5) is 0 Å². The van der Waals surface area contributed by atoms with Gasteiger partial charge in [0.05, 0.1) is 31.8 Å². The van der Waals surface area contributed by atoms with Gasteiger partial charge in [-0.1, -0.05) is 0 Å². The average molecular weight is 363 g/mol. The number of hydrogen-bond acceptors (Lipinski definition) is 13. The van der Waals surface area contributed by atoms with E-state index in [0.717, 1.165) is 0 Å². The van der Waals surface area contributed by atoms with Gasteiger partial charge in [-0.15, -0.1) is 30.3 Å². The third-order valence-electron chi connectivity index (χ3n) is 2.31. The van der Waals surface area contributed by atoms with Gasteiger partial charge in [0.25, 0.3) is 15.3 Å². The Bertz CT molecular complexity index is 352. The van der Waals surface area contributed by atoms with Gasteiger partial charge < -0.3 is 34.9 Å². The van der Waals surface area contributed by atoms with Crippen LogP contribution in [0.1, 0.15) is 0 Å². The molecule has 0 rings (SSSR count). The van der Waals surface area contributed by atoms with Crippen LogP contribution >= 0.6 is 0 Å². The van der Waals surface area contributed by atoms with Crippen molar-refractivity contribution < 1.29 is 50.2 Å². The topological polar surface area (TPSA) is 238 Å². The number of rotatable bonds is 12. The van der Waals surface area contributed by atoms with Crippen LogP contribution in [0, 0.1) is 35.8 Å². The van der Waals surface area contributed by atoms with Gasteiger partial charge in [-0.05, 0) is 0 Å². The standard InChI is InChI=1S/C5H12O4.C3H5N3O9/c6-1-5(2-7,3-8)4-9;7-4(8)13-1-3(15-6(11)12)2-14-5(9)10/h6-9H,1-4H2;3H,1-2H2. The van der Waals surface area contributed by atoms with E-state index in [0.29, 0.717) is 0 Å². The summed E-state index contributed by atoms with van der Waals surface area (Å²) in [6.45, 7) is -3.32. The lowest BCUT2D eigenvalue weighted by molar-refractivity contribution is -0.803. The fraction of sp³-hybridized carbons (Fsp3) is 1.00. The Balaban J connectivity index is 0. The van der Waals surface area contributed by atoms with Gasteiger partial charge >= 0.3 is 0 Å². The lowest BCUT2D eigenvalue weighted by Gasteiger charge is -2.23. The molecule has 0 unspecified atom stereocenters. The first-order chi connectivity index (χ1) is 11.2. The van der Waals surface area contributed by atoms with Gasteiger partial charge in [0.1, 0.15) is 13.2 Å². The second-order valence-electron chi connectivity index (χ2n) is 4.12. The Morgan fingerprint density at radius 3 is 1.25 bits per heavy atom. The highest BCUT2D eigenvalue weighted by molar-refractivity contribution is 4.74. The lowest BCUT2D eigenvalue weighted by atomic mass is 9.93. The van der Waals surface area contributed by atoms with Gasteiger partial charge in [-0.3, -0.25) is 0 Å². The first-order valence-electron chi connectivity index (χ1n) is 5.95. The predicted molar refractivity (Wildman–Crippen MR) is 68.5 cm³/mol. The van der Waals surface area contributed by atoms with Crippen molar-refractivity contribution in [3.63, 3.8) is 0 Å². The third-order valence-corrected chi connectivity index (χ3v) is 2.31. The molecule has 0 radical (unpaired) electrons. The van der Waals surface area contributed by atoms with E-state index in [-0.39, 0.29) is 0 Å². The molecule has 0 aliphatic rings. The van der Waals surface area contributed by atoms with Crippen LogP contribution < -0.4 is 0 Å². The molecule has 0 amide bonds. The molecule has 0 bridgehead atoms. The zero-order valence-electron chi connectivity index (χ0n) is 12.1. The van der Waals surface area contributed by atoms with Crippen LogP contribution in [0.3, 0.4) is 0 Å². The van der Waals surface area contributed by atoms with Crippen molar-refractivity contribution in [3.8, 4) is 0 Å². The SMILES string of the molecule is O=[N+]([O-])OCC(CO[N+](=O)[O-])O[N+](=O)[O-].OCC(CO)(CO)CO. The van der Waals surface area contributed by atoms with Crippen molar-refractivity contribution in [2.24, 2.45) is 5.41 Å². The summed E-state index contributed by atoms with van der Waals surface area (Å²) in [5, 5.41) is 59.5. The minimum absolute atomic E-state index is 0.406. The summed E-state index contributed by atoms with van der Waals surface area (Å²) in [4.78, 5) is 40.5. The van der Waals surface area contributed by atoms with Crippen LogP contribution in [-0.4, -0.2) is 81.4 Å². The second kappa shape index (κ2) is 12.9. The number of nitrogens with zero attached hydrogens (tertiary/aromatic N) is 3. The van der Waals surface area contributed by atoms with Crippen LogP contribution in [0.15, 0.2) is 0 Å². The van der Waals surface area contributed by atoms with Gasteiger partial charge in [0.2, 0.25) is 0 Å². The maximum atomic E-state index is 9.83. The monoisotopic (exact) mass is 363 g/mol. The Morgan fingerprint density at radius 1 is 0.750 bits per heavy atom. The lowest BCUT2D eigenvalue weighted by Crippen LogP contribution is -2.37. The highest BCUT2D eigenvalue weighted by Crippen LogP contribution is 2.11. The first kappa shape index (κ1) is 23.7. The predicted octanol–water partition coefficient (Wildman–Crippen LogP) is -3.08. The Hall–Kier alpha value is -2.56. The molecule has 0 aromatic rings. The maximum absolute atomic E-state index is 9.83. The minimum Gasteiger partial charge on any atom is -0.396 e. The molecule has 0 aromatic carbocycles. The van der Waals surface area contributed by atoms with Crippen LogP contribution in [0.2, 0.25) is 0 Å². The molecule has 0 aromatic heterocycles. The molecule has 0 saturated heterocycles. The van der Waals surface area contributed by atoms with Gasteiger partial charge in [0.15, 0.2) is 6.10 Å². The molecule has 0 fully saturated rings. The highest BCUT2D eigenvalue weighted by Gasteiger charge is 2.26. The van der Waals surface area contributed by atoms with E-state index < -0.39 is 66.4 Å². The van der Waals surface area contributed by atoms with E-state index in [4.69, 9.17) is 20.4 Å². The van der Waals surface area contributed by atoms with Gasteiger partial charge in [0, 0.05) is 0 Å². The summed E-state index contributed by atoms with van der Waals surface area (Å²) < 4.78 is 0. The molecule has 24 heavy (non-hydrogen) atoms. The van der Waals surface area contributed by atoms with Gasteiger partial charge in [-0.25, -0.2) is 0 Å². The zero-order chi connectivity index (χ0) is 19.2. The normalized spacial score (nSPS) is 10.4. The molecule has 16 nitrogen and oxygen atoms in total. The molecule has 0 aliphatic heterocycles. The van der Waals surface area contributed by atoms with Crippen molar-refractivity contribution >= 4 is 0 Å². The Morgan fingerprint density at radius 2 is 1.08 bits per heavy atom. The Kier molecular flexibility index (Phi) is 12.8. The maximum Gasteiger partial charge on any atom is 0.294 e. The van der Waals surface area contributed by atoms with E-state index in [1.165, 1.54) is 0 Å². The Labute approximate surface area is 133 Å². The molecule has 0 spiro atoms. The molecule has 0 aliphatic carbocycles. The highest BCUT2D eigenvalue weighted by atomic mass is 17.0. The van der Waals surface area contributed by atoms with Crippen LogP contribution in [0.25, 0.3) is 0 Å². The van der Waals surface area contributed by atoms with E-state index in [1.807, 2.05) is 0 Å². The van der Waals surface area contributed by atoms with E-state index >= 15 is 0 Å². The van der Waals surface area contributed by atoms with Crippen molar-refractivity contribution in [1.29, 1.82) is 0 Å². The van der Waals surface area contributed by atoms with Crippen molar-refractivity contribution in [1.82, 2.24) is 0 Å². The molecule has 16 heteroatoms. The van der Waals surface area contributed by atoms with E-state index in [1.54, 1.807) is 0 Å². The van der Waals surface area contributed by atoms with Gasteiger partial charge in [-0.2, -0.15) is 0 Å². The third kappa shape index (κ3) is 12.0. The quantitative estimate of drug-likeness (QED) is 0.199. The van der Waals surface area contributed by atoms with Crippen LogP contribution in [0.5, 0.6) is 0 Å². The fourth-order valence-corrected chi connectivity index (χ4v) is 0.819. The molecule has 0 atom stereocenters. The summed E-state index contributed by atoms with van der Waals surface area (Å²) in [6, 6.07) is 0. The average Bonchev–Trinajstić information content (AvgIpc) is 2.53. The largest absolute Gasteiger partial charge is 0.396 e. The number of aliphatic hydroxyl groups is 4. The summed E-state index contributed by atoms with van der Waals surface area (Å²) in [5.41, 5.74) is -1.11. The number of aliphatic hydroxyl groups excluding tert-OH is 4. The molecule has 0 saturated carbocycles. The summed E-state index contributed by atoms with van der Waals surface area (Å²) >= 11 is 0. The van der Waals surface area contributed by atoms with E-state index in [9.17, 15) is 30.3 Å². The fourth-order valence-electron chi connectivity index (χ4n) is 0.819. The molecule has 0 heterocycles. The summed E-state index contributed by atoms with van der Waals surface area (Å²) in [6.07, 6.45) is -1.55. The van der Waals surface area contributed by atoms with Crippen molar-refractivity contribution in [2.75, 3.05) is 39.6 Å². The summed E-state index contributed by atoms with van der Waals surface area (Å²) in [5.74, 6) is 0. The summed E-state index contributed by atoms with van der Waals surface area (Å²) in [7, 11) is 0. The first-order valence-corrected chi connectivity index (χ1v) is 5.95. The molecule has 4 N–H and O–H groups in total. The smallest absolute Gasteiger partial charge is 0.294 e. The number of hydrogen-bond donors (Lipinski definition) is 4. The molecular weight excluding hydrogens is 346 g/mol. The van der Waals surface area contributed by atoms with E-state index in [2.05, 4.69) is 14.5 Å². The second-order valence-corrected chi connectivity index (χ2v) is 4.12. The van der Waals surface area contributed by atoms with Crippen LogP contribution in [-0.2, 0) is 14.5 Å². The minimum atomic E-state index is -1.55. The van der Waals surface area contributed by atoms with Crippen molar-refractivity contribution in [3.05, 3.63) is 30.3 Å². The molecule has 142 valence electrons. The molecular formula is C8H17N3O13. The zero-order valence-corrected chi connectivity index (χ0v) is 12.1. The van der Waals surface area contributed by atoms with Crippen molar-refractivity contribution in [2.45, 2.75) is 6.10 Å².